The van der Waals surface area contributed by atoms with E-state index in [4.69, 9.17) is 5.26 Å². The number of nitrogens with one attached hydrogen (secondary N) is 1. The number of benzene rings is 1. The molecule has 90 valence electrons. The molecule has 3 nitrogen and oxygen atoms in total. The Morgan fingerprint density at radius 3 is 2.65 bits per heavy atom. The lowest BCUT2D eigenvalue weighted by molar-refractivity contribution is 0.0938. The summed E-state index contributed by atoms with van der Waals surface area (Å²) in [6.45, 7) is 3.92. The van der Waals surface area contributed by atoms with Gasteiger partial charge in [-0.3, -0.25) is 4.79 Å². The molecule has 1 rings (SSSR count). The molecule has 0 fully saturated rings. The summed E-state index contributed by atoms with van der Waals surface area (Å²) in [6, 6.07) is 7.14. The van der Waals surface area contributed by atoms with Gasteiger partial charge in [-0.05, 0) is 24.5 Å². The van der Waals surface area contributed by atoms with Crippen LogP contribution in [0.15, 0.2) is 24.3 Å². The third-order valence-corrected chi connectivity index (χ3v) is 2.29. The zero-order valence-corrected chi connectivity index (χ0v) is 9.90. The van der Waals surface area contributed by atoms with Crippen molar-refractivity contribution in [3.8, 4) is 6.07 Å². The Labute approximate surface area is 100 Å². The van der Waals surface area contributed by atoms with Gasteiger partial charge >= 0.3 is 0 Å². The Balaban J connectivity index is 2.72. The summed E-state index contributed by atoms with van der Waals surface area (Å²) in [7, 11) is 0. The van der Waals surface area contributed by atoms with Gasteiger partial charge in [0.05, 0.1) is 11.6 Å². The van der Waals surface area contributed by atoms with Crippen LogP contribution >= 0.6 is 0 Å². The number of hydrogen-bond donors (Lipinski definition) is 1. The topological polar surface area (TPSA) is 52.9 Å². The SMILES string of the molecule is CC(C)CC(C#N)NC(=O)c1ccccc1F. The third kappa shape index (κ3) is 3.87. The molecule has 0 bridgehead atoms. The number of carbonyl (C=O) groups excluding carboxylic acids is 1. The quantitative estimate of drug-likeness (QED) is 0.870. The molecule has 1 aromatic carbocycles. The van der Waals surface area contributed by atoms with Crippen LogP contribution in [0.1, 0.15) is 30.6 Å². The van der Waals surface area contributed by atoms with Gasteiger partial charge in [0.15, 0.2) is 0 Å². The summed E-state index contributed by atoms with van der Waals surface area (Å²) in [5.74, 6) is -0.831. The van der Waals surface area contributed by atoms with Gasteiger partial charge in [-0.1, -0.05) is 26.0 Å². The maximum absolute atomic E-state index is 13.3. The third-order valence-electron chi connectivity index (χ3n) is 2.29. The molecule has 0 aliphatic carbocycles. The molecule has 0 heterocycles. The number of halogens is 1. The van der Waals surface area contributed by atoms with Gasteiger partial charge in [-0.25, -0.2) is 4.39 Å². The van der Waals surface area contributed by atoms with Crippen molar-refractivity contribution in [2.24, 2.45) is 5.92 Å². The summed E-state index contributed by atoms with van der Waals surface area (Å²) < 4.78 is 13.3. The van der Waals surface area contributed by atoms with Crippen LogP contribution in [0.25, 0.3) is 0 Å². The molecule has 1 unspecified atom stereocenters. The van der Waals surface area contributed by atoms with Gasteiger partial charge < -0.3 is 5.32 Å². The average Bonchev–Trinajstić information content (AvgIpc) is 2.27. The van der Waals surface area contributed by atoms with Gasteiger partial charge in [-0.15, -0.1) is 0 Å². The van der Waals surface area contributed by atoms with E-state index in [1.807, 2.05) is 19.9 Å². The molecule has 0 aliphatic heterocycles. The zero-order valence-electron chi connectivity index (χ0n) is 9.90. The van der Waals surface area contributed by atoms with Crippen LogP contribution < -0.4 is 5.32 Å². The van der Waals surface area contributed by atoms with Crippen molar-refractivity contribution >= 4 is 5.91 Å². The first kappa shape index (κ1) is 13.2. The molecule has 0 saturated carbocycles. The standard InChI is InChI=1S/C13H15FN2O/c1-9(2)7-10(8-15)16-13(17)11-5-3-4-6-12(11)14/h3-6,9-10H,7H2,1-2H3,(H,16,17). The maximum atomic E-state index is 13.3. The molecule has 0 saturated heterocycles. The van der Waals surface area contributed by atoms with Gasteiger partial charge in [0.25, 0.3) is 5.91 Å². The van der Waals surface area contributed by atoms with Crippen LogP contribution in [-0.2, 0) is 0 Å². The summed E-state index contributed by atoms with van der Waals surface area (Å²) >= 11 is 0. The van der Waals surface area contributed by atoms with Crippen molar-refractivity contribution < 1.29 is 9.18 Å². The van der Waals surface area contributed by atoms with E-state index in [0.717, 1.165) is 0 Å². The van der Waals surface area contributed by atoms with Crippen LogP contribution in [0.5, 0.6) is 0 Å². The van der Waals surface area contributed by atoms with Crippen LogP contribution in [-0.4, -0.2) is 11.9 Å². The van der Waals surface area contributed by atoms with Crippen molar-refractivity contribution in [3.63, 3.8) is 0 Å². The molecule has 1 N–H and O–H groups in total. The fraction of sp³-hybridized carbons (Fsp3) is 0.385. The van der Waals surface area contributed by atoms with Gasteiger partial charge in [0, 0.05) is 0 Å². The number of amides is 1. The molecular formula is C13H15FN2O. The summed E-state index contributed by atoms with van der Waals surface area (Å²) in [5, 5.41) is 11.4. The Morgan fingerprint density at radius 1 is 1.47 bits per heavy atom. The van der Waals surface area contributed by atoms with Crippen molar-refractivity contribution in [1.29, 1.82) is 5.26 Å². The predicted molar refractivity (Wildman–Crippen MR) is 62.7 cm³/mol. The molecule has 1 atom stereocenters. The highest BCUT2D eigenvalue weighted by Gasteiger charge is 2.16. The number of rotatable bonds is 4. The highest BCUT2D eigenvalue weighted by molar-refractivity contribution is 5.94. The normalized spacial score (nSPS) is 11.9. The second kappa shape index (κ2) is 6.00. The van der Waals surface area contributed by atoms with E-state index in [-0.39, 0.29) is 5.56 Å². The van der Waals surface area contributed by atoms with Gasteiger partial charge in [0.2, 0.25) is 0 Å². The van der Waals surface area contributed by atoms with Crippen molar-refractivity contribution in [3.05, 3.63) is 35.6 Å². The molecule has 0 aromatic heterocycles. The van der Waals surface area contributed by atoms with E-state index in [1.54, 1.807) is 6.07 Å². The molecule has 0 radical (unpaired) electrons. The Kier molecular flexibility index (Phi) is 4.65. The number of carbonyl (C=O) groups is 1. The second-order valence-electron chi connectivity index (χ2n) is 4.26. The highest BCUT2D eigenvalue weighted by Crippen LogP contribution is 2.08. The van der Waals surface area contributed by atoms with Crippen LogP contribution in [0.2, 0.25) is 0 Å². The molecular weight excluding hydrogens is 219 g/mol. The summed E-state index contributed by atoms with van der Waals surface area (Å²) in [6.07, 6.45) is 0.552. The van der Waals surface area contributed by atoms with E-state index in [1.165, 1.54) is 18.2 Å². The molecule has 1 aromatic rings. The largest absolute Gasteiger partial charge is 0.336 e. The summed E-state index contributed by atoms with van der Waals surface area (Å²) in [5.41, 5.74) is -0.0310. The molecule has 4 heteroatoms. The lowest BCUT2D eigenvalue weighted by Gasteiger charge is -2.13. The Morgan fingerprint density at radius 2 is 2.12 bits per heavy atom. The Bertz CT molecular complexity index is 437. The Hall–Kier alpha value is -1.89. The lowest BCUT2D eigenvalue weighted by atomic mass is 10.0. The number of hydrogen-bond acceptors (Lipinski definition) is 2. The molecule has 17 heavy (non-hydrogen) atoms. The highest BCUT2D eigenvalue weighted by atomic mass is 19.1. The maximum Gasteiger partial charge on any atom is 0.255 e. The van der Waals surface area contributed by atoms with Gasteiger partial charge in [0.1, 0.15) is 11.9 Å². The van der Waals surface area contributed by atoms with Crippen LogP contribution in [0, 0.1) is 23.1 Å². The minimum atomic E-state index is -0.581. The first-order valence-electron chi connectivity index (χ1n) is 5.49. The fourth-order valence-corrected chi connectivity index (χ4v) is 1.50. The lowest BCUT2D eigenvalue weighted by Crippen LogP contribution is -2.35. The average molecular weight is 234 g/mol. The van der Waals surface area contributed by atoms with Crippen LogP contribution in [0.4, 0.5) is 4.39 Å². The zero-order chi connectivity index (χ0) is 12.8. The van der Waals surface area contributed by atoms with E-state index >= 15 is 0 Å². The molecule has 1 amide bonds. The molecule has 0 spiro atoms. The first-order valence-corrected chi connectivity index (χ1v) is 5.49. The molecule has 0 aliphatic rings. The number of nitrogens with zero attached hydrogens (tertiary/aromatic N) is 1. The smallest absolute Gasteiger partial charge is 0.255 e. The fourth-order valence-electron chi connectivity index (χ4n) is 1.50. The second-order valence-corrected chi connectivity index (χ2v) is 4.26. The minimum Gasteiger partial charge on any atom is -0.336 e. The van der Waals surface area contributed by atoms with Crippen LogP contribution in [0.3, 0.4) is 0 Å². The minimum absolute atomic E-state index is 0.0310. The number of nitriles is 1. The monoisotopic (exact) mass is 234 g/mol. The van der Waals surface area contributed by atoms with Crippen molar-refractivity contribution in [2.75, 3.05) is 0 Å². The van der Waals surface area contributed by atoms with E-state index in [9.17, 15) is 9.18 Å². The van der Waals surface area contributed by atoms with Crippen molar-refractivity contribution in [1.82, 2.24) is 5.32 Å². The predicted octanol–water partition coefficient (Wildman–Crippen LogP) is 2.49. The van der Waals surface area contributed by atoms with E-state index in [2.05, 4.69) is 5.32 Å². The van der Waals surface area contributed by atoms with E-state index < -0.39 is 17.8 Å². The summed E-state index contributed by atoms with van der Waals surface area (Å²) in [4.78, 5) is 11.7. The van der Waals surface area contributed by atoms with Gasteiger partial charge in [-0.2, -0.15) is 5.26 Å². The van der Waals surface area contributed by atoms with Crippen molar-refractivity contribution in [2.45, 2.75) is 26.3 Å². The first-order chi connectivity index (χ1) is 8.04. The van der Waals surface area contributed by atoms with E-state index in [0.29, 0.717) is 12.3 Å².